The summed E-state index contributed by atoms with van der Waals surface area (Å²) in [5.74, 6) is -0.249. The monoisotopic (exact) mass is 394 g/mol. The summed E-state index contributed by atoms with van der Waals surface area (Å²) >= 11 is 9.87. The number of fused-ring (bicyclic) bond motifs is 1. The second-order valence-corrected chi connectivity index (χ2v) is 6.87. The van der Waals surface area contributed by atoms with Crippen molar-refractivity contribution in [3.8, 4) is 11.3 Å². The van der Waals surface area contributed by atoms with E-state index >= 15 is 0 Å². The van der Waals surface area contributed by atoms with E-state index in [1.807, 2.05) is 12.1 Å². The number of aromatic amines is 1. The number of aromatic nitrogens is 1. The molecule has 0 aliphatic carbocycles. The molecule has 120 valence electrons. The van der Waals surface area contributed by atoms with Gasteiger partial charge in [0.15, 0.2) is 0 Å². The highest BCUT2D eigenvalue weighted by atomic mass is 79.9. The van der Waals surface area contributed by atoms with Gasteiger partial charge >= 0.3 is 0 Å². The van der Waals surface area contributed by atoms with Gasteiger partial charge in [0.1, 0.15) is 5.82 Å². The summed E-state index contributed by atoms with van der Waals surface area (Å²) in [7, 11) is 0. The third-order valence-electron chi connectivity index (χ3n) is 3.93. The minimum absolute atomic E-state index is 0.249. The maximum atomic E-state index is 13.6. The lowest BCUT2D eigenvalue weighted by Crippen LogP contribution is -1.99. The van der Waals surface area contributed by atoms with Crippen molar-refractivity contribution in [3.63, 3.8) is 0 Å². The summed E-state index contributed by atoms with van der Waals surface area (Å²) in [6, 6.07) is 10.5. The fraction of sp³-hybridized carbons (Fsp3) is 0.222. The molecule has 0 aliphatic rings. The molecule has 0 spiro atoms. The number of hydrogen-bond acceptors (Lipinski definition) is 1. The van der Waals surface area contributed by atoms with Crippen molar-refractivity contribution in [2.24, 2.45) is 5.73 Å². The first-order chi connectivity index (χ1) is 11.1. The van der Waals surface area contributed by atoms with E-state index in [1.54, 1.807) is 12.1 Å². The summed E-state index contributed by atoms with van der Waals surface area (Å²) in [5.41, 5.74) is 9.41. The van der Waals surface area contributed by atoms with Crippen LogP contribution in [0.5, 0.6) is 0 Å². The molecule has 0 fully saturated rings. The van der Waals surface area contributed by atoms with Crippen LogP contribution in [0.4, 0.5) is 4.39 Å². The largest absolute Gasteiger partial charge is 0.353 e. The topological polar surface area (TPSA) is 41.8 Å². The molecule has 3 N–H and O–H groups in total. The fourth-order valence-electron chi connectivity index (χ4n) is 2.87. The van der Waals surface area contributed by atoms with Crippen molar-refractivity contribution in [2.75, 3.05) is 6.54 Å². The number of nitrogens with one attached hydrogen (secondary N) is 1. The van der Waals surface area contributed by atoms with Crippen molar-refractivity contribution in [2.45, 2.75) is 19.3 Å². The molecule has 1 aromatic heterocycles. The summed E-state index contributed by atoms with van der Waals surface area (Å²) in [4.78, 5) is 3.38. The van der Waals surface area contributed by atoms with Gasteiger partial charge in [-0.25, -0.2) is 4.39 Å². The summed E-state index contributed by atoms with van der Waals surface area (Å²) < 4.78 is 14.6. The van der Waals surface area contributed by atoms with Crippen molar-refractivity contribution >= 4 is 38.4 Å². The Labute approximate surface area is 148 Å². The van der Waals surface area contributed by atoms with Crippen molar-refractivity contribution in [1.29, 1.82) is 0 Å². The van der Waals surface area contributed by atoms with Crippen LogP contribution in [-0.2, 0) is 6.42 Å². The standard InChI is InChI=1S/C18H17BrClFN2/c19-12-9-15-14(6-1-2-7-22)17(23-18(15)16(20)10-12)11-4-3-5-13(21)8-11/h3-5,8-10,23H,1-2,6-7,22H2. The molecule has 0 radical (unpaired) electrons. The SMILES string of the molecule is NCCCCc1c(-c2cccc(F)c2)[nH]c2c(Cl)cc(Br)cc12. The lowest BCUT2D eigenvalue weighted by atomic mass is 10.0. The van der Waals surface area contributed by atoms with Crippen LogP contribution in [0.3, 0.4) is 0 Å². The van der Waals surface area contributed by atoms with Gasteiger partial charge in [0.2, 0.25) is 0 Å². The Bertz CT molecular complexity index is 844. The summed E-state index contributed by atoms with van der Waals surface area (Å²) in [6.45, 7) is 0.669. The number of nitrogens with two attached hydrogens (primary N) is 1. The van der Waals surface area contributed by atoms with Gasteiger partial charge in [-0.15, -0.1) is 0 Å². The molecule has 0 saturated heterocycles. The number of rotatable bonds is 5. The quantitative estimate of drug-likeness (QED) is 0.537. The molecule has 23 heavy (non-hydrogen) atoms. The Balaban J connectivity index is 2.19. The predicted molar refractivity (Wildman–Crippen MR) is 98.4 cm³/mol. The molecule has 0 amide bonds. The molecule has 1 heterocycles. The molecular weight excluding hydrogens is 379 g/mol. The molecule has 0 atom stereocenters. The Hall–Kier alpha value is -1.36. The van der Waals surface area contributed by atoms with Gasteiger partial charge in [-0.1, -0.05) is 39.7 Å². The number of hydrogen-bond donors (Lipinski definition) is 2. The smallest absolute Gasteiger partial charge is 0.123 e. The maximum Gasteiger partial charge on any atom is 0.123 e. The van der Waals surface area contributed by atoms with Gasteiger partial charge in [-0.2, -0.15) is 0 Å². The highest BCUT2D eigenvalue weighted by molar-refractivity contribution is 9.10. The molecular formula is C18H17BrClFN2. The van der Waals surface area contributed by atoms with E-state index < -0.39 is 0 Å². The van der Waals surface area contributed by atoms with Crippen LogP contribution >= 0.6 is 27.5 Å². The lowest BCUT2D eigenvalue weighted by molar-refractivity contribution is 0.628. The van der Waals surface area contributed by atoms with E-state index in [0.717, 1.165) is 51.5 Å². The van der Waals surface area contributed by atoms with E-state index in [-0.39, 0.29) is 5.82 Å². The zero-order chi connectivity index (χ0) is 16.4. The van der Waals surface area contributed by atoms with E-state index in [1.165, 1.54) is 6.07 Å². The lowest BCUT2D eigenvalue weighted by Gasteiger charge is -2.05. The van der Waals surface area contributed by atoms with Crippen molar-refractivity contribution < 1.29 is 4.39 Å². The van der Waals surface area contributed by atoms with Crippen LogP contribution in [0.2, 0.25) is 5.02 Å². The zero-order valence-corrected chi connectivity index (χ0v) is 14.8. The summed E-state index contributed by atoms with van der Waals surface area (Å²) in [5, 5.41) is 1.72. The molecule has 0 aliphatic heterocycles. The molecule has 2 nitrogen and oxygen atoms in total. The van der Waals surface area contributed by atoms with Crippen LogP contribution in [0.25, 0.3) is 22.2 Å². The van der Waals surface area contributed by atoms with Gasteiger partial charge < -0.3 is 10.7 Å². The molecule has 3 aromatic rings. The van der Waals surface area contributed by atoms with Crippen LogP contribution in [0, 0.1) is 5.82 Å². The van der Waals surface area contributed by atoms with E-state index in [4.69, 9.17) is 17.3 Å². The van der Waals surface area contributed by atoms with Crippen molar-refractivity contribution in [3.05, 3.63) is 57.3 Å². The Morgan fingerprint density at radius 1 is 1.17 bits per heavy atom. The average molecular weight is 396 g/mol. The van der Waals surface area contributed by atoms with E-state index in [9.17, 15) is 4.39 Å². The van der Waals surface area contributed by atoms with Gasteiger partial charge in [0, 0.05) is 21.1 Å². The summed E-state index contributed by atoms with van der Waals surface area (Å²) in [6.07, 6.45) is 2.81. The number of H-pyrrole nitrogens is 1. The molecule has 5 heteroatoms. The van der Waals surface area contributed by atoms with Crippen LogP contribution in [0.1, 0.15) is 18.4 Å². The first-order valence-electron chi connectivity index (χ1n) is 7.55. The Kier molecular flexibility index (Phi) is 5.05. The molecule has 0 bridgehead atoms. The number of aryl methyl sites for hydroxylation is 1. The Morgan fingerprint density at radius 2 is 2.00 bits per heavy atom. The van der Waals surface area contributed by atoms with E-state index in [2.05, 4.69) is 27.0 Å². The predicted octanol–water partition coefficient (Wildman–Crippen LogP) is 5.67. The van der Waals surface area contributed by atoms with Gasteiger partial charge in [-0.05, 0) is 55.6 Å². The first kappa shape index (κ1) is 16.5. The second-order valence-electron chi connectivity index (χ2n) is 5.54. The highest BCUT2D eigenvalue weighted by Gasteiger charge is 2.16. The first-order valence-corrected chi connectivity index (χ1v) is 8.73. The second kappa shape index (κ2) is 7.04. The highest BCUT2D eigenvalue weighted by Crippen LogP contribution is 2.36. The number of unbranched alkanes of at least 4 members (excludes halogenated alkanes) is 1. The number of halogens is 3. The van der Waals surface area contributed by atoms with Gasteiger partial charge in [-0.3, -0.25) is 0 Å². The fourth-order valence-corrected chi connectivity index (χ4v) is 3.73. The molecule has 0 saturated carbocycles. The maximum absolute atomic E-state index is 13.6. The third-order valence-corrected chi connectivity index (χ3v) is 4.68. The van der Waals surface area contributed by atoms with Crippen LogP contribution < -0.4 is 5.73 Å². The molecule has 2 aromatic carbocycles. The van der Waals surface area contributed by atoms with Gasteiger partial charge in [0.25, 0.3) is 0 Å². The average Bonchev–Trinajstić information content (AvgIpc) is 2.87. The Morgan fingerprint density at radius 3 is 2.74 bits per heavy atom. The third kappa shape index (κ3) is 3.44. The van der Waals surface area contributed by atoms with Crippen LogP contribution in [0.15, 0.2) is 40.9 Å². The molecule has 0 unspecified atom stereocenters. The number of benzene rings is 2. The minimum atomic E-state index is -0.249. The van der Waals surface area contributed by atoms with Gasteiger partial charge in [0.05, 0.1) is 10.5 Å². The molecule has 3 rings (SSSR count). The normalized spacial score (nSPS) is 11.3. The van der Waals surface area contributed by atoms with E-state index in [0.29, 0.717) is 11.6 Å². The zero-order valence-electron chi connectivity index (χ0n) is 12.5. The minimum Gasteiger partial charge on any atom is -0.353 e. The van der Waals surface area contributed by atoms with Crippen molar-refractivity contribution in [1.82, 2.24) is 4.98 Å². The van der Waals surface area contributed by atoms with Crippen LogP contribution in [-0.4, -0.2) is 11.5 Å².